The number of nitrogens with one attached hydrogen (secondary N) is 2. The second kappa shape index (κ2) is 8.92. The number of hydrogen-bond acceptors (Lipinski definition) is 2. The third-order valence-corrected chi connectivity index (χ3v) is 3.19. The lowest BCUT2D eigenvalue weighted by molar-refractivity contribution is 0.179. The van der Waals surface area contributed by atoms with Gasteiger partial charge in [-0.1, -0.05) is 6.07 Å². The van der Waals surface area contributed by atoms with Crippen molar-refractivity contribution in [2.75, 3.05) is 20.3 Å². The van der Waals surface area contributed by atoms with Gasteiger partial charge in [-0.05, 0) is 47.5 Å². The summed E-state index contributed by atoms with van der Waals surface area (Å²) in [6.07, 6.45) is 0. The van der Waals surface area contributed by atoms with Crippen LogP contribution in [0.4, 0.5) is 4.39 Å². The van der Waals surface area contributed by atoms with E-state index in [1.807, 2.05) is 19.9 Å². The second-order valence-electron chi connectivity index (χ2n) is 4.44. The van der Waals surface area contributed by atoms with Crippen LogP contribution in [0.2, 0.25) is 0 Å². The molecule has 0 radical (unpaired) electrons. The van der Waals surface area contributed by atoms with Gasteiger partial charge >= 0.3 is 0 Å². The summed E-state index contributed by atoms with van der Waals surface area (Å²) in [7, 11) is 1.66. The lowest BCUT2D eigenvalue weighted by Gasteiger charge is -2.17. The molecule has 0 bridgehead atoms. The Morgan fingerprint density at radius 1 is 1.50 bits per heavy atom. The molecule has 1 rings (SSSR count). The lowest BCUT2D eigenvalue weighted by Crippen LogP contribution is -2.43. The van der Waals surface area contributed by atoms with Crippen LogP contribution in [-0.4, -0.2) is 32.3 Å². The van der Waals surface area contributed by atoms with Crippen molar-refractivity contribution < 1.29 is 9.13 Å². The molecular weight excluding hydrogens is 325 g/mol. The highest BCUT2D eigenvalue weighted by molar-refractivity contribution is 9.10. The minimum Gasteiger partial charge on any atom is -0.383 e. The Morgan fingerprint density at radius 2 is 2.25 bits per heavy atom. The maximum absolute atomic E-state index is 13.4. The first-order chi connectivity index (χ1) is 9.56. The Labute approximate surface area is 127 Å². The monoisotopic (exact) mass is 345 g/mol. The van der Waals surface area contributed by atoms with Crippen LogP contribution >= 0.6 is 15.9 Å². The van der Waals surface area contributed by atoms with E-state index < -0.39 is 0 Å². The Kier molecular flexibility index (Phi) is 7.54. The molecule has 0 heterocycles. The number of nitrogens with zero attached hydrogens (tertiary/aromatic N) is 1. The number of hydrogen-bond donors (Lipinski definition) is 2. The number of halogens is 2. The minimum absolute atomic E-state index is 0.152. The van der Waals surface area contributed by atoms with Crippen molar-refractivity contribution in [3.63, 3.8) is 0 Å². The van der Waals surface area contributed by atoms with Gasteiger partial charge in [0.1, 0.15) is 5.82 Å². The molecule has 0 aliphatic rings. The molecule has 0 saturated carbocycles. The van der Waals surface area contributed by atoms with Crippen LogP contribution in [0.3, 0.4) is 0 Å². The summed E-state index contributed by atoms with van der Waals surface area (Å²) in [5.41, 5.74) is 0.822. The Balaban J connectivity index is 2.68. The summed E-state index contributed by atoms with van der Waals surface area (Å²) in [6, 6.07) is 5.17. The Bertz CT molecular complexity index is 454. The average Bonchev–Trinajstić information content (AvgIpc) is 2.40. The zero-order valence-electron chi connectivity index (χ0n) is 12.0. The summed E-state index contributed by atoms with van der Waals surface area (Å²) in [6.45, 7) is 5.78. The number of ether oxygens (including phenoxy) is 1. The van der Waals surface area contributed by atoms with Gasteiger partial charge in [0, 0.05) is 19.7 Å². The first-order valence-electron chi connectivity index (χ1n) is 6.54. The second-order valence-corrected chi connectivity index (χ2v) is 5.30. The van der Waals surface area contributed by atoms with Gasteiger partial charge in [-0.25, -0.2) is 9.38 Å². The van der Waals surface area contributed by atoms with Crippen molar-refractivity contribution in [2.45, 2.75) is 26.4 Å². The zero-order valence-corrected chi connectivity index (χ0v) is 13.6. The van der Waals surface area contributed by atoms with Crippen LogP contribution in [0.25, 0.3) is 0 Å². The van der Waals surface area contributed by atoms with Crippen molar-refractivity contribution in [2.24, 2.45) is 4.99 Å². The maximum atomic E-state index is 13.4. The summed E-state index contributed by atoms with van der Waals surface area (Å²) in [4.78, 5) is 4.43. The van der Waals surface area contributed by atoms with Gasteiger partial charge in [0.25, 0.3) is 0 Å². The quantitative estimate of drug-likeness (QED) is 0.615. The van der Waals surface area contributed by atoms with Crippen LogP contribution in [0.5, 0.6) is 0 Å². The fourth-order valence-electron chi connectivity index (χ4n) is 1.65. The average molecular weight is 346 g/mol. The molecule has 6 heteroatoms. The van der Waals surface area contributed by atoms with E-state index in [1.165, 1.54) is 6.07 Å². The number of guanidine groups is 1. The molecule has 0 saturated heterocycles. The highest BCUT2D eigenvalue weighted by atomic mass is 79.9. The van der Waals surface area contributed by atoms with Gasteiger partial charge < -0.3 is 15.4 Å². The normalized spacial score (nSPS) is 13.2. The van der Waals surface area contributed by atoms with Crippen molar-refractivity contribution in [1.29, 1.82) is 0 Å². The molecule has 0 amide bonds. The Hall–Kier alpha value is -1.14. The van der Waals surface area contributed by atoms with Gasteiger partial charge in [-0.2, -0.15) is 0 Å². The molecule has 1 aromatic carbocycles. The van der Waals surface area contributed by atoms with Gasteiger partial charge in [-0.15, -0.1) is 0 Å². The molecule has 1 aromatic rings. The highest BCUT2D eigenvalue weighted by Crippen LogP contribution is 2.16. The smallest absolute Gasteiger partial charge is 0.191 e. The first-order valence-corrected chi connectivity index (χ1v) is 7.33. The van der Waals surface area contributed by atoms with Crippen molar-refractivity contribution in [3.8, 4) is 0 Å². The molecule has 4 nitrogen and oxygen atoms in total. The van der Waals surface area contributed by atoms with E-state index in [1.54, 1.807) is 13.2 Å². The molecular formula is C14H21BrFN3O. The molecule has 1 unspecified atom stereocenters. The number of methoxy groups -OCH3 is 1. The highest BCUT2D eigenvalue weighted by Gasteiger charge is 2.05. The number of rotatable bonds is 6. The Morgan fingerprint density at radius 3 is 2.85 bits per heavy atom. The number of benzene rings is 1. The molecule has 20 heavy (non-hydrogen) atoms. The van der Waals surface area contributed by atoms with E-state index in [0.717, 1.165) is 12.1 Å². The zero-order chi connectivity index (χ0) is 15.0. The van der Waals surface area contributed by atoms with Gasteiger partial charge in [-0.3, -0.25) is 0 Å². The fraction of sp³-hybridized carbons (Fsp3) is 0.500. The molecule has 0 aliphatic carbocycles. The van der Waals surface area contributed by atoms with Crippen LogP contribution in [-0.2, 0) is 11.3 Å². The minimum atomic E-state index is -0.275. The van der Waals surface area contributed by atoms with E-state index in [-0.39, 0.29) is 11.9 Å². The summed E-state index contributed by atoms with van der Waals surface area (Å²) >= 11 is 3.13. The molecule has 0 spiro atoms. The van der Waals surface area contributed by atoms with Gasteiger partial charge in [0.05, 0.1) is 17.6 Å². The first kappa shape index (κ1) is 16.9. The van der Waals surface area contributed by atoms with Crippen molar-refractivity contribution in [1.82, 2.24) is 10.6 Å². The molecule has 0 aliphatic heterocycles. The summed E-state index contributed by atoms with van der Waals surface area (Å²) in [5.74, 6) is 0.420. The maximum Gasteiger partial charge on any atom is 0.191 e. The predicted molar refractivity (Wildman–Crippen MR) is 83.4 cm³/mol. The topological polar surface area (TPSA) is 45.7 Å². The third-order valence-electron chi connectivity index (χ3n) is 2.55. The van der Waals surface area contributed by atoms with Crippen LogP contribution in [0.15, 0.2) is 27.7 Å². The molecule has 0 aromatic heterocycles. The van der Waals surface area contributed by atoms with Gasteiger partial charge in [0.2, 0.25) is 0 Å². The van der Waals surface area contributed by atoms with E-state index in [2.05, 4.69) is 31.6 Å². The molecule has 1 atom stereocenters. The molecule has 0 fully saturated rings. The SMILES string of the molecule is CCNC(=NCc1ccc(Br)c(F)c1)NC(C)COC. The largest absolute Gasteiger partial charge is 0.383 e. The van der Waals surface area contributed by atoms with Crippen LogP contribution in [0, 0.1) is 5.82 Å². The number of aliphatic imine (C=N–C) groups is 1. The van der Waals surface area contributed by atoms with E-state index in [4.69, 9.17) is 4.74 Å². The lowest BCUT2D eigenvalue weighted by atomic mass is 10.2. The molecule has 2 N–H and O–H groups in total. The standard InChI is InChI=1S/C14H21BrFN3O/c1-4-17-14(19-10(2)9-20-3)18-8-11-5-6-12(15)13(16)7-11/h5-7,10H,4,8-9H2,1-3H3,(H2,17,18,19). The third kappa shape index (κ3) is 5.88. The van der Waals surface area contributed by atoms with Gasteiger partial charge in [0.15, 0.2) is 5.96 Å². The van der Waals surface area contributed by atoms with E-state index in [0.29, 0.717) is 23.6 Å². The van der Waals surface area contributed by atoms with Crippen molar-refractivity contribution >= 4 is 21.9 Å². The van der Waals surface area contributed by atoms with Crippen LogP contribution in [0.1, 0.15) is 19.4 Å². The van der Waals surface area contributed by atoms with Crippen molar-refractivity contribution in [3.05, 3.63) is 34.1 Å². The van der Waals surface area contributed by atoms with Crippen LogP contribution < -0.4 is 10.6 Å². The predicted octanol–water partition coefficient (Wildman–Crippen LogP) is 2.68. The van der Waals surface area contributed by atoms with E-state index >= 15 is 0 Å². The van der Waals surface area contributed by atoms with E-state index in [9.17, 15) is 4.39 Å². The molecule has 112 valence electrons. The fourth-order valence-corrected chi connectivity index (χ4v) is 1.90. The summed E-state index contributed by atoms with van der Waals surface area (Å²) < 4.78 is 19.0. The summed E-state index contributed by atoms with van der Waals surface area (Å²) in [5, 5.41) is 6.37.